The Labute approximate surface area is 192 Å². The van der Waals surface area contributed by atoms with E-state index in [-0.39, 0.29) is 6.61 Å². The normalized spacial score (nSPS) is 30.5. The lowest BCUT2D eigenvalue weighted by molar-refractivity contribution is 0.266. The van der Waals surface area contributed by atoms with Gasteiger partial charge in [-0.15, -0.1) is 11.8 Å². The first kappa shape index (κ1) is 23.5. The van der Waals surface area contributed by atoms with Crippen molar-refractivity contribution in [2.75, 3.05) is 25.4 Å². The summed E-state index contributed by atoms with van der Waals surface area (Å²) in [6, 6.07) is 6.65. The van der Waals surface area contributed by atoms with Crippen molar-refractivity contribution in [3.05, 3.63) is 23.5 Å². The lowest BCUT2D eigenvalue weighted by atomic mass is 9.89. The number of rotatable bonds is 4. The smallest absolute Gasteiger partial charge is 0.0556 e. The standard InChI is InChI=1S/C24H41N5OS/c30-12-5-13-31-20-14-18-16-27-23-8-3-1-6-21(23)25-10-11-26-22-7-2-4-9-24(22)28-17-19(15-20)29-18/h14-15,21-28,30H,1-13,16-17H2/t21-,22-,23-,24-/m1/s1. The van der Waals surface area contributed by atoms with Crippen molar-refractivity contribution >= 4 is 11.8 Å². The largest absolute Gasteiger partial charge is 0.396 e. The molecule has 7 heteroatoms. The lowest BCUT2D eigenvalue weighted by Crippen LogP contribution is -2.53. The van der Waals surface area contributed by atoms with E-state index in [1.54, 1.807) is 0 Å². The Morgan fingerprint density at radius 2 is 1.26 bits per heavy atom. The molecule has 2 heterocycles. The van der Waals surface area contributed by atoms with E-state index < -0.39 is 0 Å². The fourth-order valence-electron chi connectivity index (χ4n) is 5.36. The fraction of sp³-hybridized carbons (Fsp3) is 0.792. The molecule has 2 aliphatic carbocycles. The zero-order valence-corrected chi connectivity index (χ0v) is 19.7. The first-order chi connectivity index (χ1) is 15.3. The molecule has 0 saturated heterocycles. The SMILES string of the molecule is OCCCSc1cc2nc(c1)CN[C@@H]1CCCC[C@H]1NCCN[C@@H]1CCCC[C@H]1NC2. The zero-order valence-electron chi connectivity index (χ0n) is 18.9. The number of thioether (sulfide) groups is 1. The number of hydrogen-bond donors (Lipinski definition) is 5. The summed E-state index contributed by atoms with van der Waals surface area (Å²) in [5.74, 6) is 0.948. The molecule has 31 heavy (non-hydrogen) atoms. The summed E-state index contributed by atoms with van der Waals surface area (Å²) < 4.78 is 0. The molecule has 1 aromatic heterocycles. The van der Waals surface area contributed by atoms with Crippen LogP contribution in [0.1, 0.15) is 69.2 Å². The van der Waals surface area contributed by atoms with Gasteiger partial charge in [0.05, 0.1) is 11.4 Å². The molecule has 0 radical (unpaired) electrons. The van der Waals surface area contributed by atoms with Gasteiger partial charge in [0.25, 0.3) is 0 Å². The van der Waals surface area contributed by atoms with Gasteiger partial charge >= 0.3 is 0 Å². The van der Waals surface area contributed by atoms with Gasteiger partial charge in [0, 0.05) is 67.6 Å². The van der Waals surface area contributed by atoms with E-state index in [2.05, 4.69) is 33.4 Å². The Kier molecular flexibility index (Phi) is 9.47. The molecule has 0 amide bonds. The molecule has 1 aromatic rings. The highest BCUT2D eigenvalue weighted by Crippen LogP contribution is 2.24. The second-order valence-electron chi connectivity index (χ2n) is 9.38. The van der Waals surface area contributed by atoms with E-state index in [9.17, 15) is 0 Å². The molecule has 174 valence electrons. The van der Waals surface area contributed by atoms with Gasteiger partial charge in [0.15, 0.2) is 0 Å². The van der Waals surface area contributed by atoms with Gasteiger partial charge in [-0.1, -0.05) is 25.7 Å². The van der Waals surface area contributed by atoms with Crippen LogP contribution in [0.25, 0.3) is 0 Å². The lowest BCUT2D eigenvalue weighted by Gasteiger charge is -2.34. The van der Waals surface area contributed by atoms with E-state index in [4.69, 9.17) is 10.1 Å². The second kappa shape index (κ2) is 12.5. The van der Waals surface area contributed by atoms with Crippen molar-refractivity contribution in [2.45, 2.75) is 99.9 Å². The van der Waals surface area contributed by atoms with Crippen LogP contribution in [-0.4, -0.2) is 59.7 Å². The third-order valence-corrected chi connectivity index (χ3v) is 8.10. The van der Waals surface area contributed by atoms with Crippen LogP contribution >= 0.6 is 11.8 Å². The third-order valence-electron chi connectivity index (χ3n) is 7.04. The Bertz CT molecular complexity index is 627. The van der Waals surface area contributed by atoms with Gasteiger partial charge in [-0.2, -0.15) is 0 Å². The number of aliphatic hydroxyl groups is 1. The molecule has 1 aliphatic heterocycles. The van der Waals surface area contributed by atoms with Crippen LogP contribution in [-0.2, 0) is 13.1 Å². The van der Waals surface area contributed by atoms with Crippen LogP contribution in [0.15, 0.2) is 17.0 Å². The highest BCUT2D eigenvalue weighted by atomic mass is 32.2. The number of nitrogens with zero attached hydrogens (tertiary/aromatic N) is 1. The second-order valence-corrected chi connectivity index (χ2v) is 10.5. The van der Waals surface area contributed by atoms with E-state index in [1.165, 1.54) is 56.3 Å². The Hall–Kier alpha value is -0.700. The predicted molar refractivity (Wildman–Crippen MR) is 128 cm³/mol. The number of aliphatic hydroxyl groups excluding tert-OH is 1. The molecule has 0 aromatic carbocycles. The Morgan fingerprint density at radius 1 is 0.774 bits per heavy atom. The van der Waals surface area contributed by atoms with Crippen molar-refractivity contribution in [1.29, 1.82) is 0 Å². The number of pyridine rings is 1. The highest BCUT2D eigenvalue weighted by molar-refractivity contribution is 7.99. The maximum absolute atomic E-state index is 9.15. The van der Waals surface area contributed by atoms with Crippen molar-refractivity contribution in [3.8, 4) is 0 Å². The van der Waals surface area contributed by atoms with Gasteiger partial charge in [-0.25, -0.2) is 0 Å². The zero-order chi connectivity index (χ0) is 21.3. The van der Waals surface area contributed by atoms with Gasteiger partial charge in [-0.05, 0) is 44.2 Å². The monoisotopic (exact) mass is 447 g/mol. The van der Waals surface area contributed by atoms with Crippen LogP contribution in [0.4, 0.5) is 0 Å². The van der Waals surface area contributed by atoms with Gasteiger partial charge in [-0.3, -0.25) is 4.98 Å². The molecule has 3 aliphatic rings. The summed E-state index contributed by atoms with van der Waals surface area (Å²) in [6.07, 6.45) is 11.1. The van der Waals surface area contributed by atoms with Gasteiger partial charge < -0.3 is 26.4 Å². The van der Waals surface area contributed by atoms with Crippen molar-refractivity contribution in [2.24, 2.45) is 0 Å². The highest BCUT2D eigenvalue weighted by Gasteiger charge is 2.26. The third kappa shape index (κ3) is 7.14. The minimum Gasteiger partial charge on any atom is -0.396 e. The Morgan fingerprint density at radius 3 is 1.74 bits per heavy atom. The van der Waals surface area contributed by atoms with Crippen LogP contribution in [0.2, 0.25) is 0 Å². The van der Waals surface area contributed by atoms with E-state index in [0.29, 0.717) is 24.2 Å². The molecule has 2 fully saturated rings. The quantitative estimate of drug-likeness (QED) is 0.358. The summed E-state index contributed by atoms with van der Waals surface area (Å²) in [5.41, 5.74) is 2.28. The number of hydrogen-bond acceptors (Lipinski definition) is 7. The average molecular weight is 448 g/mol. The number of nitrogens with one attached hydrogen (secondary N) is 4. The van der Waals surface area contributed by atoms with Gasteiger partial charge in [0.2, 0.25) is 0 Å². The summed E-state index contributed by atoms with van der Waals surface area (Å²) in [4.78, 5) is 6.30. The minimum atomic E-state index is 0.257. The molecule has 4 rings (SSSR count). The maximum Gasteiger partial charge on any atom is 0.0556 e. The molecule has 0 spiro atoms. The maximum atomic E-state index is 9.15. The molecular weight excluding hydrogens is 406 g/mol. The van der Waals surface area contributed by atoms with E-state index in [1.807, 2.05) is 11.8 Å². The molecule has 4 atom stereocenters. The van der Waals surface area contributed by atoms with Crippen molar-refractivity contribution in [3.63, 3.8) is 0 Å². The first-order valence-electron chi connectivity index (χ1n) is 12.5. The molecule has 2 saturated carbocycles. The number of aromatic nitrogens is 1. The fourth-order valence-corrected chi connectivity index (χ4v) is 6.31. The summed E-state index contributed by atoms with van der Waals surface area (Å²) in [6.45, 7) is 4.00. The van der Waals surface area contributed by atoms with Crippen LogP contribution in [0.5, 0.6) is 0 Å². The van der Waals surface area contributed by atoms with E-state index in [0.717, 1.165) is 49.7 Å². The van der Waals surface area contributed by atoms with Crippen molar-refractivity contribution < 1.29 is 5.11 Å². The van der Waals surface area contributed by atoms with E-state index >= 15 is 0 Å². The average Bonchev–Trinajstić information content (AvgIpc) is 2.80. The molecule has 6 nitrogen and oxygen atoms in total. The summed E-state index contributed by atoms with van der Waals surface area (Å²) >= 11 is 1.84. The van der Waals surface area contributed by atoms with Crippen LogP contribution in [0, 0.1) is 0 Å². The molecular formula is C24H41N5OS. The Balaban J connectivity index is 1.51. The van der Waals surface area contributed by atoms with Crippen LogP contribution < -0.4 is 21.3 Å². The van der Waals surface area contributed by atoms with Crippen LogP contribution in [0.3, 0.4) is 0 Å². The predicted octanol–water partition coefficient (Wildman–Crippen LogP) is 2.55. The van der Waals surface area contributed by atoms with Gasteiger partial charge in [0.1, 0.15) is 0 Å². The molecule has 0 unspecified atom stereocenters. The summed E-state index contributed by atoms with van der Waals surface area (Å²) in [5, 5.41) is 24.5. The summed E-state index contributed by atoms with van der Waals surface area (Å²) in [7, 11) is 0. The first-order valence-corrected chi connectivity index (χ1v) is 13.5. The topological polar surface area (TPSA) is 81.2 Å². The molecule has 5 N–H and O–H groups in total. The minimum absolute atomic E-state index is 0.257. The number of fused-ring (bicyclic) bond motifs is 4. The molecule has 2 bridgehead atoms. The van der Waals surface area contributed by atoms with Crippen molar-refractivity contribution in [1.82, 2.24) is 26.3 Å².